The third-order valence-electron chi connectivity index (χ3n) is 4.41. The lowest BCUT2D eigenvalue weighted by Crippen LogP contribution is -2.27. The summed E-state index contributed by atoms with van der Waals surface area (Å²) in [6, 6.07) is 18.7. The summed E-state index contributed by atoms with van der Waals surface area (Å²) in [7, 11) is 0. The molecule has 0 radical (unpaired) electrons. The van der Waals surface area contributed by atoms with E-state index in [4.69, 9.17) is 16.0 Å². The molecule has 1 saturated heterocycles. The molecule has 4 nitrogen and oxygen atoms in total. The van der Waals surface area contributed by atoms with Crippen LogP contribution in [0.25, 0.3) is 17.4 Å². The summed E-state index contributed by atoms with van der Waals surface area (Å²) in [4.78, 5) is 26.5. The van der Waals surface area contributed by atoms with E-state index in [1.165, 1.54) is 4.90 Å². The van der Waals surface area contributed by atoms with Crippen molar-refractivity contribution in [1.82, 2.24) is 4.90 Å². The second kappa shape index (κ2) is 7.70. The van der Waals surface area contributed by atoms with E-state index < -0.39 is 0 Å². The molecule has 0 unspecified atom stereocenters. The molecule has 1 aliphatic rings. The SMILES string of the molecule is Cc1ccc(-c2ccc(/C=C3\SC(=O)N(Cc4ccccc4)C3=O)o2)cc1Cl. The first-order chi connectivity index (χ1) is 13.5. The average molecular weight is 410 g/mol. The van der Waals surface area contributed by atoms with Gasteiger partial charge in [0, 0.05) is 16.7 Å². The van der Waals surface area contributed by atoms with Crippen molar-refractivity contribution in [3.8, 4) is 11.3 Å². The Balaban J connectivity index is 1.55. The smallest absolute Gasteiger partial charge is 0.293 e. The number of hydrogen-bond donors (Lipinski definition) is 0. The topological polar surface area (TPSA) is 50.5 Å². The number of furan rings is 1. The van der Waals surface area contributed by atoms with Crippen molar-refractivity contribution in [3.63, 3.8) is 0 Å². The summed E-state index contributed by atoms with van der Waals surface area (Å²) >= 11 is 7.10. The molecule has 1 aliphatic heterocycles. The predicted molar refractivity (Wildman–Crippen MR) is 112 cm³/mol. The average Bonchev–Trinajstić information content (AvgIpc) is 3.25. The summed E-state index contributed by atoms with van der Waals surface area (Å²) in [5.41, 5.74) is 2.75. The Labute approximate surface area is 171 Å². The first-order valence-corrected chi connectivity index (χ1v) is 9.86. The fourth-order valence-electron chi connectivity index (χ4n) is 2.86. The van der Waals surface area contributed by atoms with Crippen LogP contribution in [0.1, 0.15) is 16.9 Å². The quantitative estimate of drug-likeness (QED) is 0.485. The van der Waals surface area contributed by atoms with E-state index in [2.05, 4.69) is 0 Å². The number of imide groups is 1. The maximum Gasteiger partial charge on any atom is 0.293 e. The normalized spacial score (nSPS) is 15.6. The molecule has 0 saturated carbocycles. The van der Waals surface area contributed by atoms with Gasteiger partial charge in [0.2, 0.25) is 0 Å². The second-order valence-electron chi connectivity index (χ2n) is 6.42. The van der Waals surface area contributed by atoms with Gasteiger partial charge in [0.15, 0.2) is 0 Å². The number of amides is 2. The molecule has 2 amide bonds. The van der Waals surface area contributed by atoms with Crippen molar-refractivity contribution in [1.29, 1.82) is 0 Å². The number of rotatable bonds is 4. The maximum atomic E-state index is 12.6. The highest BCUT2D eigenvalue weighted by atomic mass is 35.5. The molecule has 0 atom stereocenters. The number of nitrogens with zero attached hydrogens (tertiary/aromatic N) is 1. The lowest BCUT2D eigenvalue weighted by atomic mass is 10.1. The number of thioether (sulfide) groups is 1. The van der Waals surface area contributed by atoms with Gasteiger partial charge in [0.25, 0.3) is 11.1 Å². The molecule has 140 valence electrons. The highest BCUT2D eigenvalue weighted by Gasteiger charge is 2.35. The van der Waals surface area contributed by atoms with Gasteiger partial charge in [-0.25, -0.2) is 0 Å². The fraction of sp³-hybridized carbons (Fsp3) is 0.0909. The largest absolute Gasteiger partial charge is 0.457 e. The van der Waals surface area contributed by atoms with E-state index >= 15 is 0 Å². The Hall–Kier alpha value is -2.76. The van der Waals surface area contributed by atoms with E-state index in [0.717, 1.165) is 28.5 Å². The summed E-state index contributed by atoms with van der Waals surface area (Å²) in [6.45, 7) is 2.19. The van der Waals surface area contributed by atoms with Crippen LogP contribution in [0.15, 0.2) is 70.0 Å². The van der Waals surface area contributed by atoms with Crippen LogP contribution in [-0.2, 0) is 11.3 Å². The van der Waals surface area contributed by atoms with Crippen LogP contribution < -0.4 is 0 Å². The van der Waals surface area contributed by atoms with Gasteiger partial charge < -0.3 is 4.42 Å². The molecule has 6 heteroatoms. The van der Waals surface area contributed by atoms with Gasteiger partial charge in [-0.1, -0.05) is 54.1 Å². The Kier molecular flexibility index (Phi) is 5.11. The molecule has 28 heavy (non-hydrogen) atoms. The Morgan fingerprint density at radius 3 is 2.61 bits per heavy atom. The number of halogens is 1. The van der Waals surface area contributed by atoms with Crippen LogP contribution >= 0.6 is 23.4 Å². The molecule has 0 spiro atoms. The van der Waals surface area contributed by atoms with Gasteiger partial charge in [-0.15, -0.1) is 0 Å². The number of benzene rings is 2. The summed E-state index contributed by atoms with van der Waals surface area (Å²) in [6.07, 6.45) is 1.61. The zero-order valence-corrected chi connectivity index (χ0v) is 16.6. The van der Waals surface area contributed by atoms with Crippen LogP contribution in [0.2, 0.25) is 5.02 Å². The minimum absolute atomic E-state index is 0.258. The minimum atomic E-state index is -0.310. The predicted octanol–water partition coefficient (Wildman–Crippen LogP) is 6.14. The summed E-state index contributed by atoms with van der Waals surface area (Å²) < 4.78 is 5.83. The molecule has 2 aromatic carbocycles. The van der Waals surface area contributed by atoms with Crippen molar-refractivity contribution in [2.45, 2.75) is 13.5 Å². The maximum absolute atomic E-state index is 12.6. The molecule has 1 aromatic heterocycles. The van der Waals surface area contributed by atoms with Crippen LogP contribution in [0.3, 0.4) is 0 Å². The lowest BCUT2D eigenvalue weighted by molar-refractivity contribution is -0.123. The molecule has 0 N–H and O–H groups in total. The molecule has 0 bridgehead atoms. The van der Waals surface area contributed by atoms with E-state index in [0.29, 0.717) is 21.4 Å². The van der Waals surface area contributed by atoms with Gasteiger partial charge in [-0.2, -0.15) is 0 Å². The van der Waals surface area contributed by atoms with Crippen molar-refractivity contribution in [2.75, 3.05) is 0 Å². The molecular formula is C22H16ClNO3S. The van der Waals surface area contributed by atoms with Crippen molar-refractivity contribution in [3.05, 3.63) is 87.5 Å². The van der Waals surface area contributed by atoms with E-state index in [1.807, 2.05) is 61.5 Å². The zero-order chi connectivity index (χ0) is 19.7. The van der Waals surface area contributed by atoms with Gasteiger partial charge >= 0.3 is 0 Å². The summed E-state index contributed by atoms with van der Waals surface area (Å²) in [5.74, 6) is 0.851. The van der Waals surface area contributed by atoms with Gasteiger partial charge in [-0.05, 0) is 48.0 Å². The lowest BCUT2D eigenvalue weighted by Gasteiger charge is -2.11. The standard InChI is InChI=1S/C22H16ClNO3S/c1-14-7-8-16(11-18(14)23)19-10-9-17(27-19)12-20-21(25)24(22(26)28-20)13-15-5-3-2-4-6-15/h2-12H,13H2,1H3/b20-12-. The molecule has 0 aliphatic carbocycles. The third-order valence-corrected chi connectivity index (χ3v) is 5.73. The number of hydrogen-bond acceptors (Lipinski definition) is 4. The second-order valence-corrected chi connectivity index (χ2v) is 7.82. The molecule has 4 rings (SSSR count). The number of carbonyl (C=O) groups is 2. The number of carbonyl (C=O) groups excluding carboxylic acids is 2. The fourth-order valence-corrected chi connectivity index (χ4v) is 3.86. The highest BCUT2D eigenvalue weighted by molar-refractivity contribution is 8.18. The Morgan fingerprint density at radius 1 is 1.07 bits per heavy atom. The number of aryl methyl sites for hydroxylation is 1. The van der Waals surface area contributed by atoms with Crippen molar-refractivity contribution < 1.29 is 14.0 Å². The van der Waals surface area contributed by atoms with Crippen molar-refractivity contribution >= 4 is 40.6 Å². The zero-order valence-electron chi connectivity index (χ0n) is 15.0. The van der Waals surface area contributed by atoms with Crippen LogP contribution in [0.5, 0.6) is 0 Å². The van der Waals surface area contributed by atoms with Crippen molar-refractivity contribution in [2.24, 2.45) is 0 Å². The molecule has 3 aromatic rings. The van der Waals surface area contributed by atoms with E-state index in [9.17, 15) is 9.59 Å². The van der Waals surface area contributed by atoms with Crippen LogP contribution in [0.4, 0.5) is 4.79 Å². The highest BCUT2D eigenvalue weighted by Crippen LogP contribution is 2.34. The third kappa shape index (κ3) is 3.77. The minimum Gasteiger partial charge on any atom is -0.457 e. The van der Waals surface area contributed by atoms with Crippen LogP contribution in [0, 0.1) is 6.92 Å². The molecule has 1 fully saturated rings. The van der Waals surface area contributed by atoms with Crippen LogP contribution in [-0.4, -0.2) is 16.0 Å². The first-order valence-electron chi connectivity index (χ1n) is 8.67. The summed E-state index contributed by atoms with van der Waals surface area (Å²) in [5, 5.41) is 0.384. The molecule has 2 heterocycles. The van der Waals surface area contributed by atoms with Gasteiger partial charge in [0.05, 0.1) is 11.4 Å². The monoisotopic (exact) mass is 409 g/mol. The van der Waals surface area contributed by atoms with Gasteiger partial charge in [-0.3, -0.25) is 14.5 Å². The van der Waals surface area contributed by atoms with E-state index in [1.54, 1.807) is 12.1 Å². The molecular weight excluding hydrogens is 394 g/mol. The Bertz CT molecular complexity index is 1090. The van der Waals surface area contributed by atoms with Gasteiger partial charge in [0.1, 0.15) is 11.5 Å². The Morgan fingerprint density at radius 2 is 1.86 bits per heavy atom. The van der Waals surface area contributed by atoms with E-state index in [-0.39, 0.29) is 17.7 Å². The first kappa shape index (κ1) is 18.6.